The minimum atomic E-state index is 0.485. The smallest absolute Gasteiger partial charge is 0.167 e. The van der Waals surface area contributed by atoms with E-state index < -0.39 is 0 Å². The molecule has 4 heteroatoms. The lowest BCUT2D eigenvalue weighted by Crippen LogP contribution is -2.23. The Kier molecular flexibility index (Phi) is 2.43. The van der Waals surface area contributed by atoms with Gasteiger partial charge in [0.15, 0.2) is 6.29 Å². The van der Waals surface area contributed by atoms with E-state index in [1.165, 1.54) is 0 Å². The molecule has 78 valence electrons. The van der Waals surface area contributed by atoms with Gasteiger partial charge in [-0.25, -0.2) is 5.06 Å². The number of anilines is 2. The van der Waals surface area contributed by atoms with Gasteiger partial charge in [0.2, 0.25) is 0 Å². The predicted molar refractivity (Wildman–Crippen MR) is 58.4 cm³/mol. The largest absolute Gasteiger partial charge is 0.350 e. The molecular weight excluding hydrogens is 192 g/mol. The first kappa shape index (κ1) is 9.73. The molecule has 1 aromatic rings. The van der Waals surface area contributed by atoms with Crippen molar-refractivity contribution in [2.24, 2.45) is 0 Å². The number of hydrogen-bond acceptors (Lipinski definition) is 4. The lowest BCUT2D eigenvalue weighted by atomic mass is 10.1. The summed E-state index contributed by atoms with van der Waals surface area (Å²) in [5, 5.41) is 4.62. The van der Waals surface area contributed by atoms with Crippen molar-refractivity contribution < 1.29 is 9.63 Å². The molecule has 4 nitrogen and oxygen atoms in total. The average molecular weight is 204 g/mol. The van der Waals surface area contributed by atoms with Crippen molar-refractivity contribution in [2.75, 3.05) is 17.5 Å². The maximum absolute atomic E-state index is 10.7. The second kappa shape index (κ2) is 3.74. The Balaban J connectivity index is 2.51. The van der Waals surface area contributed by atoms with Crippen molar-refractivity contribution in [2.45, 2.75) is 6.92 Å². The van der Waals surface area contributed by atoms with E-state index >= 15 is 0 Å². The second-order valence-corrected chi connectivity index (χ2v) is 3.30. The highest BCUT2D eigenvalue weighted by Gasteiger charge is 2.17. The molecule has 1 aliphatic rings. The van der Waals surface area contributed by atoms with Crippen LogP contribution in [0.3, 0.4) is 0 Å². The first-order valence-corrected chi connectivity index (χ1v) is 4.63. The van der Waals surface area contributed by atoms with Gasteiger partial charge in [0.25, 0.3) is 0 Å². The van der Waals surface area contributed by atoms with E-state index in [9.17, 15) is 4.79 Å². The number of hydrogen-bond donors (Lipinski definition) is 1. The minimum Gasteiger partial charge on any atom is -0.350 e. The fraction of sp³-hybridized carbons (Fsp3) is 0.182. The molecule has 0 fully saturated rings. The Bertz CT molecular complexity index is 427. The summed E-state index contributed by atoms with van der Waals surface area (Å²) in [6, 6.07) is 5.85. The minimum absolute atomic E-state index is 0.485. The summed E-state index contributed by atoms with van der Waals surface area (Å²) in [5.41, 5.74) is 3.37. The van der Waals surface area contributed by atoms with Crippen LogP contribution in [0, 0.1) is 6.92 Å². The summed E-state index contributed by atoms with van der Waals surface area (Å²) in [4.78, 5) is 15.9. The van der Waals surface area contributed by atoms with Crippen molar-refractivity contribution in [3.05, 3.63) is 35.7 Å². The van der Waals surface area contributed by atoms with Crippen molar-refractivity contribution in [1.29, 1.82) is 0 Å². The third-order valence-corrected chi connectivity index (χ3v) is 2.34. The SMILES string of the molecule is CON1C=C(C=O)Nc2c(C)cccc21. The standard InChI is InChI=1S/C11H12N2O2/c1-8-4-3-5-10-11(8)12-9(7-14)6-13(10)15-2/h3-7,12H,1-2H3. The van der Waals surface area contributed by atoms with Gasteiger partial charge in [0.1, 0.15) is 0 Å². The number of hydroxylamine groups is 1. The molecule has 0 radical (unpaired) electrons. The topological polar surface area (TPSA) is 41.6 Å². The first-order valence-electron chi connectivity index (χ1n) is 4.63. The molecule has 15 heavy (non-hydrogen) atoms. The molecule has 1 heterocycles. The van der Waals surface area contributed by atoms with E-state index in [1.54, 1.807) is 18.4 Å². The summed E-state index contributed by atoms with van der Waals surface area (Å²) in [6.45, 7) is 1.98. The van der Waals surface area contributed by atoms with Gasteiger partial charge < -0.3 is 5.32 Å². The Morgan fingerprint density at radius 3 is 2.93 bits per heavy atom. The van der Waals surface area contributed by atoms with E-state index in [-0.39, 0.29) is 0 Å². The van der Waals surface area contributed by atoms with Gasteiger partial charge in [-0.1, -0.05) is 12.1 Å². The predicted octanol–water partition coefficient (Wildman–Crippen LogP) is 1.83. The average Bonchev–Trinajstić information content (AvgIpc) is 2.28. The molecule has 0 aromatic heterocycles. The van der Waals surface area contributed by atoms with E-state index in [2.05, 4.69) is 5.32 Å². The lowest BCUT2D eigenvalue weighted by Gasteiger charge is -2.27. The number of rotatable bonds is 2. The molecule has 0 atom stereocenters. The van der Waals surface area contributed by atoms with Crippen LogP contribution in [0.1, 0.15) is 5.56 Å². The van der Waals surface area contributed by atoms with E-state index in [4.69, 9.17) is 4.84 Å². The Morgan fingerprint density at radius 2 is 2.27 bits per heavy atom. The number of aldehydes is 1. The fourth-order valence-corrected chi connectivity index (χ4v) is 1.58. The highest BCUT2D eigenvalue weighted by molar-refractivity contribution is 5.87. The normalized spacial score (nSPS) is 14.0. The molecule has 1 aliphatic heterocycles. The summed E-state index contributed by atoms with van der Waals surface area (Å²) in [5.74, 6) is 0. The van der Waals surface area contributed by atoms with Crippen LogP contribution in [0.2, 0.25) is 0 Å². The first-order chi connectivity index (χ1) is 7.26. The molecule has 2 rings (SSSR count). The molecule has 1 N–H and O–H groups in total. The number of allylic oxidation sites excluding steroid dienone is 1. The Hall–Kier alpha value is -1.81. The molecule has 0 spiro atoms. The summed E-state index contributed by atoms with van der Waals surface area (Å²) < 4.78 is 0. The van der Waals surface area contributed by atoms with Crippen molar-refractivity contribution in [3.63, 3.8) is 0 Å². The van der Waals surface area contributed by atoms with Crippen molar-refractivity contribution >= 4 is 17.7 Å². The number of carbonyl (C=O) groups is 1. The van der Waals surface area contributed by atoms with Crippen LogP contribution in [0.25, 0.3) is 0 Å². The van der Waals surface area contributed by atoms with E-state index in [0.29, 0.717) is 5.70 Å². The molecule has 0 saturated heterocycles. The van der Waals surface area contributed by atoms with Crippen LogP contribution < -0.4 is 10.4 Å². The van der Waals surface area contributed by atoms with Gasteiger partial charge in [-0.3, -0.25) is 9.63 Å². The van der Waals surface area contributed by atoms with Crippen LogP contribution in [-0.4, -0.2) is 13.4 Å². The molecular formula is C11H12N2O2. The quantitative estimate of drug-likeness (QED) is 0.746. The zero-order chi connectivity index (χ0) is 10.8. The molecule has 0 unspecified atom stereocenters. The second-order valence-electron chi connectivity index (χ2n) is 3.30. The third kappa shape index (κ3) is 1.59. The maximum atomic E-state index is 10.7. The molecule has 0 bridgehead atoms. The van der Waals surface area contributed by atoms with Gasteiger partial charge >= 0.3 is 0 Å². The third-order valence-electron chi connectivity index (χ3n) is 2.34. The molecule has 0 aliphatic carbocycles. The fourth-order valence-electron chi connectivity index (χ4n) is 1.58. The zero-order valence-corrected chi connectivity index (χ0v) is 8.65. The van der Waals surface area contributed by atoms with Crippen molar-refractivity contribution in [3.8, 4) is 0 Å². The van der Waals surface area contributed by atoms with Crippen LogP contribution in [0.5, 0.6) is 0 Å². The van der Waals surface area contributed by atoms with Crippen LogP contribution >= 0.6 is 0 Å². The highest BCUT2D eigenvalue weighted by Crippen LogP contribution is 2.33. The lowest BCUT2D eigenvalue weighted by molar-refractivity contribution is -0.104. The van der Waals surface area contributed by atoms with Crippen LogP contribution in [0.15, 0.2) is 30.1 Å². The number of para-hydroxylation sites is 1. The van der Waals surface area contributed by atoms with Gasteiger partial charge in [-0.15, -0.1) is 0 Å². The maximum Gasteiger partial charge on any atom is 0.167 e. The molecule has 0 amide bonds. The number of benzene rings is 1. The number of nitrogens with one attached hydrogen (secondary N) is 1. The van der Waals surface area contributed by atoms with Crippen LogP contribution in [0.4, 0.5) is 11.4 Å². The van der Waals surface area contributed by atoms with Crippen LogP contribution in [-0.2, 0) is 9.63 Å². The Morgan fingerprint density at radius 1 is 1.47 bits per heavy atom. The zero-order valence-electron chi connectivity index (χ0n) is 8.65. The molecule has 1 aromatic carbocycles. The van der Waals surface area contributed by atoms with E-state index in [1.807, 2.05) is 25.1 Å². The van der Waals surface area contributed by atoms with E-state index in [0.717, 1.165) is 23.2 Å². The molecule has 0 saturated carbocycles. The van der Waals surface area contributed by atoms with Crippen molar-refractivity contribution in [1.82, 2.24) is 0 Å². The number of carbonyl (C=O) groups excluding carboxylic acids is 1. The summed E-state index contributed by atoms with van der Waals surface area (Å²) in [7, 11) is 1.57. The number of aryl methyl sites for hydroxylation is 1. The van der Waals surface area contributed by atoms with Gasteiger partial charge in [0, 0.05) is 0 Å². The van der Waals surface area contributed by atoms with Gasteiger partial charge in [-0.2, -0.15) is 0 Å². The number of fused-ring (bicyclic) bond motifs is 1. The van der Waals surface area contributed by atoms with Gasteiger partial charge in [-0.05, 0) is 18.6 Å². The van der Waals surface area contributed by atoms with Gasteiger partial charge in [0.05, 0.1) is 30.4 Å². The Labute approximate surface area is 88.1 Å². The number of nitrogens with zero attached hydrogens (tertiary/aromatic N) is 1. The summed E-state index contributed by atoms with van der Waals surface area (Å²) >= 11 is 0. The highest BCUT2D eigenvalue weighted by atomic mass is 16.7. The summed E-state index contributed by atoms with van der Waals surface area (Å²) in [6.07, 6.45) is 2.39. The monoisotopic (exact) mass is 204 g/mol.